The molecule has 154 valence electrons. The predicted octanol–water partition coefficient (Wildman–Crippen LogP) is 4.56. The minimum absolute atomic E-state index is 0.0739. The smallest absolute Gasteiger partial charge is 0.262 e. The molecule has 0 aliphatic carbocycles. The lowest BCUT2D eigenvalue weighted by atomic mass is 10.2. The summed E-state index contributed by atoms with van der Waals surface area (Å²) in [7, 11) is 0. The lowest BCUT2D eigenvalue weighted by molar-refractivity contribution is -0.115. The lowest BCUT2D eigenvalue weighted by Gasteiger charge is -2.20. The Morgan fingerprint density at radius 1 is 1.31 bits per heavy atom. The van der Waals surface area contributed by atoms with Crippen LogP contribution in [0.3, 0.4) is 0 Å². The first-order chi connectivity index (χ1) is 13.9. The molecule has 3 aromatic rings. The van der Waals surface area contributed by atoms with Gasteiger partial charge >= 0.3 is 0 Å². The van der Waals surface area contributed by atoms with Gasteiger partial charge in [0.15, 0.2) is 11.0 Å². The molecule has 0 saturated heterocycles. The van der Waals surface area contributed by atoms with E-state index in [1.165, 1.54) is 11.8 Å². The largest absolute Gasteiger partial charge is 0.360 e. The van der Waals surface area contributed by atoms with Crippen molar-refractivity contribution < 1.29 is 9.32 Å². The topological polar surface area (TPSA) is 90.0 Å². The summed E-state index contributed by atoms with van der Waals surface area (Å²) in [6.07, 6.45) is 2.53. The number of rotatable bonds is 8. The van der Waals surface area contributed by atoms with Gasteiger partial charge in [0, 0.05) is 12.1 Å². The number of carbonyl (C=O) groups is 1. The van der Waals surface area contributed by atoms with E-state index in [1.807, 2.05) is 32.0 Å². The van der Waals surface area contributed by atoms with Gasteiger partial charge in [-0.3, -0.25) is 14.2 Å². The molecular weight excluding hydrogens is 388 g/mol. The molecule has 1 atom stereocenters. The van der Waals surface area contributed by atoms with E-state index < -0.39 is 5.25 Å². The Balaban J connectivity index is 1.95. The van der Waals surface area contributed by atoms with Crippen molar-refractivity contribution in [3.05, 3.63) is 46.4 Å². The van der Waals surface area contributed by atoms with Crippen LogP contribution in [0.25, 0.3) is 10.9 Å². The first-order valence-corrected chi connectivity index (χ1v) is 10.7. The molecule has 1 aromatic carbocycles. The normalized spacial score (nSPS) is 12.4. The highest BCUT2D eigenvalue weighted by Crippen LogP contribution is 2.28. The molecule has 3 rings (SSSR count). The van der Waals surface area contributed by atoms with Crippen LogP contribution < -0.4 is 10.9 Å². The number of aromatic nitrogens is 3. The predicted molar refractivity (Wildman–Crippen MR) is 115 cm³/mol. The molecule has 29 heavy (non-hydrogen) atoms. The van der Waals surface area contributed by atoms with Crippen molar-refractivity contribution in [3.8, 4) is 0 Å². The molecule has 1 unspecified atom stereocenters. The standard InChI is InChI=1S/C21H26N4O3S/c1-5-6-11-17(19(26)23-18-12-14(4)28-24-18)29-21-22-16-10-8-7-9-15(16)20(27)25(21)13(2)3/h7-10,12-13,17H,5-6,11H2,1-4H3,(H,23,24,26). The third kappa shape index (κ3) is 4.87. The SMILES string of the molecule is CCCCC(Sc1nc2ccccc2c(=O)n1C(C)C)C(=O)Nc1cc(C)on1. The number of aryl methyl sites for hydroxylation is 1. The van der Waals surface area contributed by atoms with E-state index in [0.717, 1.165) is 12.8 Å². The van der Waals surface area contributed by atoms with Gasteiger partial charge in [0.25, 0.3) is 5.56 Å². The van der Waals surface area contributed by atoms with Gasteiger partial charge in [0.1, 0.15) is 5.76 Å². The van der Waals surface area contributed by atoms with Crippen LogP contribution in [0.15, 0.2) is 44.8 Å². The van der Waals surface area contributed by atoms with Gasteiger partial charge in [-0.25, -0.2) is 4.98 Å². The second-order valence-electron chi connectivity index (χ2n) is 7.24. The fraction of sp³-hybridized carbons (Fsp3) is 0.429. The van der Waals surface area contributed by atoms with E-state index in [-0.39, 0.29) is 17.5 Å². The quantitative estimate of drug-likeness (QED) is 0.429. The molecule has 0 radical (unpaired) electrons. The Labute approximate surface area is 173 Å². The number of unbranched alkanes of at least 4 members (excludes halogenated alkanes) is 1. The van der Waals surface area contributed by atoms with E-state index in [1.54, 1.807) is 23.6 Å². The Morgan fingerprint density at radius 3 is 2.72 bits per heavy atom. The summed E-state index contributed by atoms with van der Waals surface area (Å²) < 4.78 is 6.70. The average Bonchev–Trinajstić information content (AvgIpc) is 3.09. The summed E-state index contributed by atoms with van der Waals surface area (Å²) >= 11 is 1.33. The van der Waals surface area contributed by atoms with Crippen molar-refractivity contribution in [1.29, 1.82) is 0 Å². The number of hydrogen-bond donors (Lipinski definition) is 1. The second-order valence-corrected chi connectivity index (χ2v) is 8.41. The highest BCUT2D eigenvalue weighted by Gasteiger charge is 2.24. The van der Waals surface area contributed by atoms with E-state index in [2.05, 4.69) is 17.4 Å². The van der Waals surface area contributed by atoms with Crippen molar-refractivity contribution in [1.82, 2.24) is 14.7 Å². The fourth-order valence-corrected chi connectivity index (χ4v) is 4.32. The number of amides is 1. The maximum atomic E-state index is 13.0. The van der Waals surface area contributed by atoms with Gasteiger partial charge in [-0.2, -0.15) is 0 Å². The van der Waals surface area contributed by atoms with Crippen LogP contribution in [0.4, 0.5) is 5.82 Å². The van der Waals surface area contributed by atoms with Crippen molar-refractivity contribution in [3.63, 3.8) is 0 Å². The van der Waals surface area contributed by atoms with Gasteiger partial charge < -0.3 is 9.84 Å². The average molecular weight is 415 g/mol. The highest BCUT2D eigenvalue weighted by atomic mass is 32.2. The van der Waals surface area contributed by atoms with Crippen LogP contribution in [0.1, 0.15) is 51.8 Å². The zero-order chi connectivity index (χ0) is 21.0. The monoisotopic (exact) mass is 414 g/mol. The molecular formula is C21H26N4O3S. The van der Waals surface area contributed by atoms with Crippen LogP contribution in [-0.4, -0.2) is 25.9 Å². The number of thioether (sulfide) groups is 1. The molecule has 1 amide bonds. The van der Waals surface area contributed by atoms with E-state index in [0.29, 0.717) is 34.1 Å². The number of anilines is 1. The fourth-order valence-electron chi connectivity index (χ4n) is 3.06. The zero-order valence-electron chi connectivity index (χ0n) is 17.1. The molecule has 0 saturated carbocycles. The summed E-state index contributed by atoms with van der Waals surface area (Å²) in [6.45, 7) is 7.74. The van der Waals surface area contributed by atoms with Crippen LogP contribution in [-0.2, 0) is 4.79 Å². The Hall–Kier alpha value is -2.61. The molecule has 8 heteroatoms. The van der Waals surface area contributed by atoms with Gasteiger partial charge in [-0.1, -0.05) is 48.8 Å². The maximum absolute atomic E-state index is 13.0. The van der Waals surface area contributed by atoms with Crippen LogP contribution in [0.5, 0.6) is 0 Å². The summed E-state index contributed by atoms with van der Waals surface area (Å²) in [4.78, 5) is 30.7. The third-order valence-electron chi connectivity index (χ3n) is 4.53. The number of fused-ring (bicyclic) bond motifs is 1. The van der Waals surface area contributed by atoms with Gasteiger partial charge in [0.05, 0.1) is 16.2 Å². The summed E-state index contributed by atoms with van der Waals surface area (Å²) in [5, 5.41) is 7.39. The zero-order valence-corrected chi connectivity index (χ0v) is 18.0. The molecule has 2 heterocycles. The first-order valence-electron chi connectivity index (χ1n) is 9.82. The lowest BCUT2D eigenvalue weighted by Crippen LogP contribution is -2.29. The highest BCUT2D eigenvalue weighted by molar-refractivity contribution is 8.00. The molecule has 0 spiro atoms. The first kappa shape index (κ1) is 21.1. The van der Waals surface area contributed by atoms with Crippen LogP contribution >= 0.6 is 11.8 Å². The Bertz CT molecular complexity index is 1060. The number of carbonyl (C=O) groups excluding carboxylic acids is 1. The van der Waals surface area contributed by atoms with Crippen molar-refractivity contribution >= 4 is 34.4 Å². The van der Waals surface area contributed by atoms with Gasteiger partial charge in [-0.05, 0) is 39.3 Å². The van der Waals surface area contributed by atoms with E-state index in [9.17, 15) is 9.59 Å². The van der Waals surface area contributed by atoms with Crippen molar-refractivity contribution in [2.45, 2.75) is 63.4 Å². The maximum Gasteiger partial charge on any atom is 0.262 e. The van der Waals surface area contributed by atoms with Crippen molar-refractivity contribution in [2.75, 3.05) is 5.32 Å². The Kier molecular flexibility index (Phi) is 6.74. The molecule has 0 aliphatic heterocycles. The number of nitrogens with zero attached hydrogens (tertiary/aromatic N) is 3. The molecule has 0 aliphatic rings. The minimum Gasteiger partial charge on any atom is -0.360 e. The van der Waals surface area contributed by atoms with Crippen molar-refractivity contribution in [2.24, 2.45) is 0 Å². The number of para-hydroxylation sites is 1. The van der Waals surface area contributed by atoms with Crippen LogP contribution in [0, 0.1) is 6.92 Å². The number of hydrogen-bond acceptors (Lipinski definition) is 6. The molecule has 0 fully saturated rings. The molecule has 0 bridgehead atoms. The van der Waals surface area contributed by atoms with E-state index >= 15 is 0 Å². The Morgan fingerprint density at radius 2 is 2.07 bits per heavy atom. The molecule has 7 nitrogen and oxygen atoms in total. The molecule has 1 N–H and O–H groups in total. The summed E-state index contributed by atoms with van der Waals surface area (Å²) in [5.74, 6) is 0.847. The second kappa shape index (κ2) is 9.26. The number of nitrogens with one attached hydrogen (secondary N) is 1. The minimum atomic E-state index is -0.398. The third-order valence-corrected chi connectivity index (χ3v) is 5.76. The van der Waals surface area contributed by atoms with Gasteiger partial charge in [-0.15, -0.1) is 0 Å². The summed E-state index contributed by atoms with van der Waals surface area (Å²) in [6, 6.07) is 8.90. The van der Waals surface area contributed by atoms with E-state index in [4.69, 9.17) is 9.51 Å². The van der Waals surface area contributed by atoms with Crippen LogP contribution in [0.2, 0.25) is 0 Å². The van der Waals surface area contributed by atoms with Gasteiger partial charge in [0.2, 0.25) is 5.91 Å². The summed E-state index contributed by atoms with van der Waals surface area (Å²) in [5.41, 5.74) is 0.550. The number of benzene rings is 1. The molecule has 2 aromatic heterocycles.